The molecule has 2 heterocycles. The molecule has 11 heteroatoms. The van der Waals surface area contributed by atoms with Gasteiger partial charge < -0.3 is 21.7 Å². The summed E-state index contributed by atoms with van der Waals surface area (Å²) in [6.45, 7) is 0.470. The van der Waals surface area contributed by atoms with Crippen LogP contribution in [0.4, 0.5) is 36.3 Å². The van der Waals surface area contributed by atoms with Crippen LogP contribution in [-0.4, -0.2) is 28.3 Å². The second-order valence-corrected chi connectivity index (χ2v) is 6.98. The Labute approximate surface area is 180 Å². The van der Waals surface area contributed by atoms with E-state index >= 15 is 0 Å². The van der Waals surface area contributed by atoms with Crippen LogP contribution >= 0.6 is 0 Å². The molecule has 0 fully saturated rings. The van der Waals surface area contributed by atoms with Crippen molar-refractivity contribution >= 4 is 35.0 Å². The third-order valence-electron chi connectivity index (χ3n) is 4.86. The molecule has 4 rings (SSSR count). The number of alkyl halides is 3. The Kier molecular flexibility index (Phi) is 5.39. The average molecular weight is 442 g/mol. The molecule has 5 N–H and O–H groups in total. The highest BCUT2D eigenvalue weighted by Gasteiger charge is 2.30. The molecule has 1 aliphatic rings. The van der Waals surface area contributed by atoms with Gasteiger partial charge in [0.1, 0.15) is 11.4 Å². The molecule has 3 aromatic rings. The Balaban J connectivity index is 1.64. The molecule has 0 bridgehead atoms. The summed E-state index contributed by atoms with van der Waals surface area (Å²) in [5.74, 6) is -0.824. The van der Waals surface area contributed by atoms with Gasteiger partial charge in [0.25, 0.3) is 11.8 Å². The minimum absolute atomic E-state index is 0.0147. The van der Waals surface area contributed by atoms with Crippen LogP contribution in [0.2, 0.25) is 0 Å². The number of nitrogens with one attached hydrogen (secondary N) is 3. The number of nitrogens with zero attached hydrogens (tertiary/aromatic N) is 2. The van der Waals surface area contributed by atoms with E-state index in [1.165, 1.54) is 18.3 Å². The van der Waals surface area contributed by atoms with Crippen molar-refractivity contribution in [2.24, 2.45) is 5.73 Å². The van der Waals surface area contributed by atoms with Gasteiger partial charge >= 0.3 is 6.18 Å². The van der Waals surface area contributed by atoms with Crippen molar-refractivity contribution in [2.45, 2.75) is 12.6 Å². The number of fused-ring (bicyclic) bond motifs is 1. The lowest BCUT2D eigenvalue weighted by Crippen LogP contribution is -2.32. The minimum Gasteiger partial charge on any atom is -0.365 e. The van der Waals surface area contributed by atoms with Crippen molar-refractivity contribution in [3.05, 3.63) is 70.9 Å². The van der Waals surface area contributed by atoms with Crippen LogP contribution in [0.1, 0.15) is 31.8 Å². The summed E-state index contributed by atoms with van der Waals surface area (Å²) < 4.78 is 38.2. The zero-order valence-electron chi connectivity index (χ0n) is 16.5. The third kappa shape index (κ3) is 4.31. The second-order valence-electron chi connectivity index (χ2n) is 6.98. The maximum atomic E-state index is 12.7. The van der Waals surface area contributed by atoms with Gasteiger partial charge in [-0.2, -0.15) is 18.2 Å². The Bertz CT molecular complexity index is 1200. The van der Waals surface area contributed by atoms with Gasteiger partial charge in [0.2, 0.25) is 5.95 Å². The van der Waals surface area contributed by atoms with Crippen molar-refractivity contribution in [2.75, 3.05) is 17.2 Å². The number of primary amides is 1. The summed E-state index contributed by atoms with van der Waals surface area (Å²) in [7, 11) is 0. The average Bonchev–Trinajstić information content (AvgIpc) is 2.74. The van der Waals surface area contributed by atoms with Gasteiger partial charge in [0.15, 0.2) is 0 Å². The molecule has 2 amide bonds. The van der Waals surface area contributed by atoms with Crippen LogP contribution in [0.15, 0.2) is 48.7 Å². The number of carbonyl (C=O) groups excluding carboxylic acids is 2. The summed E-state index contributed by atoms with van der Waals surface area (Å²) in [6, 6.07) is 9.48. The van der Waals surface area contributed by atoms with Gasteiger partial charge in [-0.15, -0.1) is 0 Å². The molecule has 164 valence electrons. The molecule has 0 unspecified atom stereocenters. The maximum Gasteiger partial charge on any atom is 0.416 e. The number of anilines is 4. The number of nitrogens with two attached hydrogens (primary N) is 1. The summed E-state index contributed by atoms with van der Waals surface area (Å²) in [5.41, 5.74) is 6.85. The van der Waals surface area contributed by atoms with Crippen LogP contribution in [0.3, 0.4) is 0 Å². The fraction of sp³-hybridized carbons (Fsp3) is 0.143. The standard InChI is InChI=1S/C21H17F3N6O2/c22-21(23,24)11-4-6-12(7-5-11)28-20-27-10-15(17(25)31)18(30-20)29-16-3-1-2-14-13(16)8-9-26-19(14)32/h1-7,10H,8-9H2,(H2,25,31)(H,26,32)(H2,27,28,29,30). The third-order valence-corrected chi connectivity index (χ3v) is 4.86. The highest BCUT2D eigenvalue weighted by atomic mass is 19.4. The normalized spacial score (nSPS) is 13.2. The van der Waals surface area contributed by atoms with Gasteiger partial charge in [-0.1, -0.05) is 6.07 Å². The minimum atomic E-state index is -4.44. The zero-order chi connectivity index (χ0) is 22.9. The largest absolute Gasteiger partial charge is 0.416 e. The van der Waals surface area contributed by atoms with E-state index in [1.807, 2.05) is 0 Å². The van der Waals surface area contributed by atoms with E-state index in [0.29, 0.717) is 29.9 Å². The van der Waals surface area contributed by atoms with Crippen LogP contribution in [-0.2, 0) is 12.6 Å². The Morgan fingerprint density at radius 1 is 1.09 bits per heavy atom. The Hall–Kier alpha value is -4.15. The van der Waals surface area contributed by atoms with E-state index < -0.39 is 17.6 Å². The van der Waals surface area contributed by atoms with E-state index in [1.54, 1.807) is 18.2 Å². The number of hydrogen-bond donors (Lipinski definition) is 4. The summed E-state index contributed by atoms with van der Waals surface area (Å²) in [5, 5.41) is 8.60. The lowest BCUT2D eigenvalue weighted by molar-refractivity contribution is -0.137. The lowest BCUT2D eigenvalue weighted by atomic mass is 9.98. The van der Waals surface area contributed by atoms with Gasteiger partial charge in [0.05, 0.1) is 5.56 Å². The molecule has 1 aromatic heterocycles. The van der Waals surface area contributed by atoms with Crippen molar-refractivity contribution < 1.29 is 22.8 Å². The molecular weight excluding hydrogens is 425 g/mol. The van der Waals surface area contributed by atoms with Crippen molar-refractivity contribution in [3.8, 4) is 0 Å². The maximum absolute atomic E-state index is 12.7. The van der Waals surface area contributed by atoms with E-state index in [9.17, 15) is 22.8 Å². The summed E-state index contributed by atoms with van der Waals surface area (Å²) >= 11 is 0. The predicted octanol–water partition coefficient (Wildman–Crippen LogP) is 3.37. The number of benzene rings is 2. The van der Waals surface area contributed by atoms with Gasteiger partial charge in [0, 0.05) is 29.7 Å². The van der Waals surface area contributed by atoms with E-state index in [2.05, 4.69) is 25.9 Å². The number of aromatic nitrogens is 2. The van der Waals surface area contributed by atoms with Crippen molar-refractivity contribution in [3.63, 3.8) is 0 Å². The van der Waals surface area contributed by atoms with Gasteiger partial charge in [-0.25, -0.2) is 4.98 Å². The molecule has 0 atom stereocenters. The van der Waals surface area contributed by atoms with Gasteiger partial charge in [-0.3, -0.25) is 9.59 Å². The zero-order valence-corrected chi connectivity index (χ0v) is 16.5. The van der Waals surface area contributed by atoms with Crippen LogP contribution in [0, 0.1) is 0 Å². The number of halogens is 3. The fourth-order valence-electron chi connectivity index (χ4n) is 3.30. The smallest absolute Gasteiger partial charge is 0.365 e. The molecule has 0 radical (unpaired) electrons. The molecule has 0 spiro atoms. The Morgan fingerprint density at radius 2 is 1.84 bits per heavy atom. The first-order chi connectivity index (χ1) is 15.2. The summed E-state index contributed by atoms with van der Waals surface area (Å²) in [4.78, 5) is 32.2. The monoisotopic (exact) mass is 442 g/mol. The molecule has 1 aliphatic heterocycles. The predicted molar refractivity (Wildman–Crippen MR) is 111 cm³/mol. The van der Waals surface area contributed by atoms with E-state index in [-0.39, 0.29) is 23.2 Å². The first-order valence-corrected chi connectivity index (χ1v) is 9.50. The van der Waals surface area contributed by atoms with E-state index in [4.69, 9.17) is 5.73 Å². The van der Waals surface area contributed by atoms with Crippen molar-refractivity contribution in [1.29, 1.82) is 0 Å². The molecule has 2 aromatic carbocycles. The van der Waals surface area contributed by atoms with Crippen molar-refractivity contribution in [1.82, 2.24) is 15.3 Å². The molecule has 0 aliphatic carbocycles. The second kappa shape index (κ2) is 8.17. The molecule has 32 heavy (non-hydrogen) atoms. The highest BCUT2D eigenvalue weighted by Crippen LogP contribution is 2.31. The van der Waals surface area contributed by atoms with Crippen LogP contribution < -0.4 is 21.7 Å². The SMILES string of the molecule is NC(=O)c1cnc(Nc2ccc(C(F)(F)F)cc2)nc1Nc1cccc2c1CCNC2=O. The fourth-order valence-corrected chi connectivity index (χ4v) is 3.30. The molecule has 0 saturated heterocycles. The molecule has 8 nitrogen and oxygen atoms in total. The van der Waals surface area contributed by atoms with Gasteiger partial charge in [-0.05, 0) is 48.4 Å². The summed E-state index contributed by atoms with van der Waals surface area (Å²) in [6.07, 6.45) is -2.65. The van der Waals surface area contributed by atoms with Crippen LogP contribution in [0.25, 0.3) is 0 Å². The number of amides is 2. The van der Waals surface area contributed by atoms with E-state index in [0.717, 1.165) is 17.7 Å². The topological polar surface area (TPSA) is 122 Å². The molecular formula is C21H17F3N6O2. The first-order valence-electron chi connectivity index (χ1n) is 9.50. The number of carbonyl (C=O) groups is 2. The number of hydrogen-bond acceptors (Lipinski definition) is 6. The Morgan fingerprint density at radius 3 is 2.53 bits per heavy atom. The lowest BCUT2D eigenvalue weighted by Gasteiger charge is -2.20. The van der Waals surface area contributed by atoms with Crippen LogP contribution in [0.5, 0.6) is 0 Å². The highest BCUT2D eigenvalue weighted by molar-refractivity contribution is 6.00. The number of rotatable bonds is 5. The quantitative estimate of drug-likeness (QED) is 0.481. The first kappa shape index (κ1) is 21.1. The molecule has 0 saturated carbocycles.